The molecule has 88 valence electrons. The van der Waals surface area contributed by atoms with Crippen molar-refractivity contribution in [1.82, 2.24) is 5.32 Å². The van der Waals surface area contributed by atoms with Crippen LogP contribution in [0.4, 0.5) is 0 Å². The van der Waals surface area contributed by atoms with E-state index in [0.29, 0.717) is 11.5 Å². The van der Waals surface area contributed by atoms with Gasteiger partial charge in [0.15, 0.2) is 0 Å². The molecule has 15 heavy (non-hydrogen) atoms. The summed E-state index contributed by atoms with van der Waals surface area (Å²) in [6.07, 6.45) is 5.61. The molecule has 1 amide bonds. The average Bonchev–Trinajstić information content (AvgIpc) is 2.46. The van der Waals surface area contributed by atoms with Crippen LogP contribution in [0.5, 0.6) is 0 Å². The van der Waals surface area contributed by atoms with E-state index in [1.807, 2.05) is 6.92 Å². The Morgan fingerprint density at radius 3 is 2.67 bits per heavy atom. The molecular weight excluding hydrogens is 186 g/mol. The molecule has 1 N–H and O–H groups in total. The second-order valence-electron chi connectivity index (χ2n) is 5.80. The Labute approximate surface area is 93.8 Å². The molecular formula is C13H25NO. The quantitative estimate of drug-likeness (QED) is 0.760. The fourth-order valence-electron chi connectivity index (χ4n) is 2.47. The van der Waals surface area contributed by atoms with Crippen molar-refractivity contribution >= 4 is 5.91 Å². The zero-order valence-electron chi connectivity index (χ0n) is 10.6. The highest BCUT2D eigenvalue weighted by atomic mass is 16.1. The van der Waals surface area contributed by atoms with Crippen LogP contribution in [0.1, 0.15) is 59.8 Å². The van der Waals surface area contributed by atoms with Gasteiger partial charge in [0.2, 0.25) is 5.91 Å². The smallest absolute Gasteiger partial charge is 0.223 e. The second kappa shape index (κ2) is 5.00. The first-order valence-electron chi connectivity index (χ1n) is 6.25. The van der Waals surface area contributed by atoms with Crippen LogP contribution in [-0.2, 0) is 4.79 Å². The molecule has 0 aromatic heterocycles. The van der Waals surface area contributed by atoms with Crippen molar-refractivity contribution in [2.24, 2.45) is 11.3 Å². The molecule has 1 aliphatic carbocycles. The summed E-state index contributed by atoms with van der Waals surface area (Å²) in [5.41, 5.74) is 0.423. The number of hydrogen-bond acceptors (Lipinski definition) is 1. The van der Waals surface area contributed by atoms with Crippen LogP contribution in [0.25, 0.3) is 0 Å². The normalized spacial score (nSPS) is 26.3. The molecule has 2 atom stereocenters. The second-order valence-corrected chi connectivity index (χ2v) is 5.80. The lowest BCUT2D eigenvalue weighted by molar-refractivity contribution is -0.125. The molecule has 2 heteroatoms. The molecule has 0 aromatic rings. The third-order valence-corrected chi connectivity index (χ3v) is 3.48. The van der Waals surface area contributed by atoms with E-state index in [1.54, 1.807) is 0 Å². The summed E-state index contributed by atoms with van der Waals surface area (Å²) in [7, 11) is 0. The summed E-state index contributed by atoms with van der Waals surface area (Å²) < 4.78 is 0. The Hall–Kier alpha value is -0.530. The van der Waals surface area contributed by atoms with Crippen LogP contribution in [0, 0.1) is 11.3 Å². The summed E-state index contributed by atoms with van der Waals surface area (Å²) in [6, 6.07) is 0.423. The van der Waals surface area contributed by atoms with Gasteiger partial charge in [-0.15, -0.1) is 0 Å². The number of nitrogens with one attached hydrogen (secondary N) is 1. The maximum Gasteiger partial charge on any atom is 0.223 e. The number of carbonyl (C=O) groups is 1. The van der Waals surface area contributed by atoms with E-state index in [4.69, 9.17) is 0 Å². The first-order chi connectivity index (χ1) is 6.94. The first kappa shape index (κ1) is 12.5. The van der Waals surface area contributed by atoms with Gasteiger partial charge in [-0.3, -0.25) is 4.79 Å². The fourth-order valence-corrected chi connectivity index (χ4v) is 2.47. The van der Waals surface area contributed by atoms with E-state index in [0.717, 1.165) is 25.7 Å². The lowest BCUT2D eigenvalue weighted by atomic mass is 9.92. The average molecular weight is 211 g/mol. The Morgan fingerprint density at radius 1 is 1.53 bits per heavy atom. The maximum atomic E-state index is 11.8. The molecule has 0 heterocycles. The fraction of sp³-hybridized carbons (Fsp3) is 0.923. The number of amides is 1. The topological polar surface area (TPSA) is 29.1 Å². The van der Waals surface area contributed by atoms with Crippen molar-refractivity contribution < 1.29 is 4.79 Å². The van der Waals surface area contributed by atoms with Crippen molar-refractivity contribution in [3.05, 3.63) is 0 Å². The zero-order chi connectivity index (χ0) is 11.5. The monoisotopic (exact) mass is 211 g/mol. The van der Waals surface area contributed by atoms with E-state index in [1.165, 1.54) is 6.42 Å². The molecule has 0 spiro atoms. The Balaban J connectivity index is 2.33. The number of hydrogen-bond donors (Lipinski definition) is 1. The van der Waals surface area contributed by atoms with Gasteiger partial charge in [0.25, 0.3) is 0 Å². The van der Waals surface area contributed by atoms with E-state index >= 15 is 0 Å². The van der Waals surface area contributed by atoms with Crippen molar-refractivity contribution in [3.63, 3.8) is 0 Å². The molecule has 0 aromatic carbocycles. The minimum atomic E-state index is 0.179. The predicted octanol–water partition coefficient (Wildman–Crippen LogP) is 3.12. The van der Waals surface area contributed by atoms with E-state index in [9.17, 15) is 4.79 Å². The molecule has 1 aliphatic rings. The van der Waals surface area contributed by atoms with Crippen molar-refractivity contribution in [1.29, 1.82) is 0 Å². The molecule has 0 aliphatic heterocycles. The summed E-state index contributed by atoms with van der Waals surface area (Å²) in [5, 5.41) is 3.18. The van der Waals surface area contributed by atoms with E-state index in [-0.39, 0.29) is 11.8 Å². The third-order valence-electron chi connectivity index (χ3n) is 3.48. The van der Waals surface area contributed by atoms with Crippen molar-refractivity contribution in [2.75, 3.05) is 0 Å². The van der Waals surface area contributed by atoms with Gasteiger partial charge >= 0.3 is 0 Å². The van der Waals surface area contributed by atoms with Gasteiger partial charge in [0, 0.05) is 12.0 Å². The summed E-state index contributed by atoms with van der Waals surface area (Å²) >= 11 is 0. The Morgan fingerprint density at radius 2 is 2.20 bits per heavy atom. The predicted molar refractivity (Wildman–Crippen MR) is 63.6 cm³/mol. The molecule has 1 fully saturated rings. The molecule has 2 unspecified atom stereocenters. The standard InChI is InChI=1S/C13H25NO/c1-5-6-10(2)12(15)14-11-7-8-13(3,4)9-11/h10-11H,5-9H2,1-4H3,(H,14,15). The highest BCUT2D eigenvalue weighted by Crippen LogP contribution is 2.36. The molecule has 0 bridgehead atoms. The van der Waals surface area contributed by atoms with Crippen molar-refractivity contribution in [2.45, 2.75) is 65.8 Å². The minimum absolute atomic E-state index is 0.179. The van der Waals surface area contributed by atoms with Crippen molar-refractivity contribution in [3.8, 4) is 0 Å². The van der Waals surface area contributed by atoms with E-state index < -0.39 is 0 Å². The summed E-state index contributed by atoms with van der Waals surface area (Å²) in [4.78, 5) is 11.8. The largest absolute Gasteiger partial charge is 0.353 e. The molecule has 0 radical (unpaired) electrons. The van der Waals surface area contributed by atoms with Crippen LogP contribution in [0.3, 0.4) is 0 Å². The van der Waals surface area contributed by atoms with Crippen LogP contribution in [0.2, 0.25) is 0 Å². The maximum absolute atomic E-state index is 11.8. The van der Waals surface area contributed by atoms with Crippen LogP contribution in [0.15, 0.2) is 0 Å². The van der Waals surface area contributed by atoms with Crippen LogP contribution >= 0.6 is 0 Å². The lowest BCUT2D eigenvalue weighted by Crippen LogP contribution is -2.37. The molecule has 1 rings (SSSR count). The van der Waals surface area contributed by atoms with Gasteiger partial charge in [0.1, 0.15) is 0 Å². The summed E-state index contributed by atoms with van der Waals surface area (Å²) in [6.45, 7) is 8.73. The number of rotatable bonds is 4. The van der Waals surface area contributed by atoms with Crippen LogP contribution < -0.4 is 5.32 Å². The highest BCUT2D eigenvalue weighted by Gasteiger charge is 2.32. The Bertz CT molecular complexity index is 223. The molecule has 2 nitrogen and oxygen atoms in total. The molecule has 0 saturated heterocycles. The van der Waals surface area contributed by atoms with Gasteiger partial charge < -0.3 is 5.32 Å². The first-order valence-corrected chi connectivity index (χ1v) is 6.25. The Kier molecular flexibility index (Phi) is 4.18. The van der Waals surface area contributed by atoms with Crippen LogP contribution in [-0.4, -0.2) is 11.9 Å². The highest BCUT2D eigenvalue weighted by molar-refractivity contribution is 5.78. The van der Waals surface area contributed by atoms with Gasteiger partial charge in [-0.25, -0.2) is 0 Å². The zero-order valence-corrected chi connectivity index (χ0v) is 10.6. The minimum Gasteiger partial charge on any atom is -0.353 e. The van der Waals surface area contributed by atoms with E-state index in [2.05, 4.69) is 26.1 Å². The third kappa shape index (κ3) is 3.84. The SMILES string of the molecule is CCCC(C)C(=O)NC1CCC(C)(C)C1. The lowest BCUT2D eigenvalue weighted by Gasteiger charge is -2.19. The number of carbonyl (C=O) groups excluding carboxylic acids is 1. The summed E-state index contributed by atoms with van der Waals surface area (Å²) in [5.74, 6) is 0.429. The van der Waals surface area contributed by atoms with Gasteiger partial charge in [-0.05, 0) is 31.1 Å². The van der Waals surface area contributed by atoms with Gasteiger partial charge in [-0.1, -0.05) is 34.1 Å². The van der Waals surface area contributed by atoms with Gasteiger partial charge in [-0.2, -0.15) is 0 Å². The van der Waals surface area contributed by atoms with Gasteiger partial charge in [0.05, 0.1) is 0 Å². The molecule has 1 saturated carbocycles.